The predicted octanol–water partition coefficient (Wildman–Crippen LogP) is 3.06. The molecule has 1 N–H and O–H groups in total. The van der Waals surface area contributed by atoms with E-state index in [1.165, 1.54) is 11.1 Å². The average Bonchev–Trinajstić information content (AvgIpc) is 3.58. The minimum Gasteiger partial charge on any atom is -0.481 e. The molecule has 0 aliphatic carbocycles. The quantitative estimate of drug-likeness (QED) is 0.580. The molecule has 3 saturated heterocycles. The zero-order valence-corrected chi connectivity index (χ0v) is 20.4. The number of aromatic nitrogens is 4. The molecule has 2 atom stereocenters. The van der Waals surface area contributed by atoms with Crippen LogP contribution in [0.4, 0.5) is 5.82 Å². The fourth-order valence-corrected chi connectivity index (χ4v) is 6.02. The number of rotatable bonds is 6. The summed E-state index contributed by atoms with van der Waals surface area (Å²) in [4.78, 5) is 25.0. The first-order valence-electron chi connectivity index (χ1n) is 12.6. The third-order valence-electron chi connectivity index (χ3n) is 7.85. The van der Waals surface area contributed by atoms with E-state index in [-0.39, 0.29) is 6.42 Å². The van der Waals surface area contributed by atoms with Crippen molar-refractivity contribution in [1.29, 1.82) is 0 Å². The molecule has 3 aliphatic heterocycles. The lowest BCUT2D eigenvalue weighted by atomic mass is 9.86. The molecule has 0 saturated carbocycles. The van der Waals surface area contributed by atoms with E-state index >= 15 is 0 Å². The number of anilines is 1. The summed E-state index contributed by atoms with van der Waals surface area (Å²) in [5.41, 5.74) is 3.71. The van der Waals surface area contributed by atoms with E-state index in [0.29, 0.717) is 24.6 Å². The van der Waals surface area contributed by atoms with Crippen molar-refractivity contribution in [3.63, 3.8) is 0 Å². The Morgan fingerprint density at radius 1 is 1.14 bits per heavy atom. The number of fused-ring (bicyclic) bond motifs is 3. The second-order valence-electron chi connectivity index (χ2n) is 10.2. The number of benzene rings is 1. The van der Waals surface area contributed by atoms with E-state index in [0.717, 1.165) is 73.9 Å². The fourth-order valence-electron chi connectivity index (χ4n) is 6.02. The van der Waals surface area contributed by atoms with Gasteiger partial charge in [-0.1, -0.05) is 0 Å². The Morgan fingerprint density at radius 3 is 2.66 bits per heavy atom. The van der Waals surface area contributed by atoms with Crippen LogP contribution in [0.15, 0.2) is 24.4 Å². The van der Waals surface area contributed by atoms with Gasteiger partial charge in [-0.3, -0.25) is 4.79 Å². The molecule has 184 valence electrons. The Balaban J connectivity index is 1.28. The number of morpholine rings is 1. The Hall–Kier alpha value is -3.04. The Labute approximate surface area is 204 Å². The van der Waals surface area contributed by atoms with Crippen molar-refractivity contribution >= 4 is 22.7 Å². The van der Waals surface area contributed by atoms with Crippen LogP contribution in [0.1, 0.15) is 48.6 Å². The van der Waals surface area contributed by atoms with Gasteiger partial charge in [0.1, 0.15) is 11.6 Å². The standard InChI is InChI=1S/C26H32N6O3/c1-16-9-19-13-27-32(23(19)11-22(16)18-3-6-30(7-4-18)8-5-26(33)34)25-12-24(28-17(2)29-25)31-14-21-10-20(31)15-35-21/h9,11-13,18,20-21H,3-8,10,14-15H2,1-2H3,(H,33,34)/t20-,21-/m1/s1. The maximum absolute atomic E-state index is 10.9. The molecule has 3 fully saturated rings. The van der Waals surface area contributed by atoms with Crippen LogP contribution in [0.5, 0.6) is 0 Å². The number of aryl methyl sites for hydroxylation is 2. The fraction of sp³-hybridized carbons (Fsp3) is 0.538. The first-order chi connectivity index (χ1) is 16.9. The molecule has 3 aliphatic rings. The third-order valence-corrected chi connectivity index (χ3v) is 7.85. The van der Waals surface area contributed by atoms with Crippen molar-refractivity contribution in [1.82, 2.24) is 24.6 Å². The van der Waals surface area contributed by atoms with E-state index in [1.807, 2.05) is 17.8 Å². The van der Waals surface area contributed by atoms with Gasteiger partial charge in [0.15, 0.2) is 5.82 Å². The first-order valence-corrected chi connectivity index (χ1v) is 12.6. The molecule has 35 heavy (non-hydrogen) atoms. The van der Waals surface area contributed by atoms with Crippen molar-refractivity contribution in [2.45, 2.75) is 57.6 Å². The van der Waals surface area contributed by atoms with Crippen LogP contribution in [0.25, 0.3) is 16.7 Å². The molecule has 0 unspecified atom stereocenters. The summed E-state index contributed by atoms with van der Waals surface area (Å²) in [5, 5.41) is 14.8. The van der Waals surface area contributed by atoms with Crippen LogP contribution in [0, 0.1) is 13.8 Å². The molecule has 0 spiro atoms. The number of likely N-dealkylation sites (tertiary alicyclic amines) is 1. The van der Waals surface area contributed by atoms with E-state index in [4.69, 9.17) is 24.9 Å². The van der Waals surface area contributed by atoms with E-state index < -0.39 is 5.97 Å². The normalized spacial score (nSPS) is 23.0. The molecule has 0 radical (unpaired) electrons. The number of aliphatic carboxylic acids is 1. The molecule has 3 aromatic rings. The smallest absolute Gasteiger partial charge is 0.304 e. The number of hydrogen-bond acceptors (Lipinski definition) is 7. The Kier molecular flexibility index (Phi) is 5.69. The van der Waals surface area contributed by atoms with Crippen LogP contribution < -0.4 is 4.90 Å². The number of carboxylic acids is 1. The van der Waals surface area contributed by atoms with Gasteiger partial charge in [-0.2, -0.15) is 5.10 Å². The van der Waals surface area contributed by atoms with Crippen LogP contribution >= 0.6 is 0 Å². The molecule has 1 aromatic carbocycles. The molecular weight excluding hydrogens is 444 g/mol. The molecule has 5 heterocycles. The number of ether oxygens (including phenoxy) is 1. The molecule has 9 heteroatoms. The second-order valence-corrected chi connectivity index (χ2v) is 10.2. The van der Waals surface area contributed by atoms with Gasteiger partial charge in [0, 0.05) is 24.5 Å². The van der Waals surface area contributed by atoms with Crippen molar-refractivity contribution in [3.8, 4) is 5.82 Å². The predicted molar refractivity (Wildman–Crippen MR) is 132 cm³/mol. The summed E-state index contributed by atoms with van der Waals surface area (Å²) in [6.45, 7) is 8.28. The molecule has 2 aromatic heterocycles. The summed E-state index contributed by atoms with van der Waals surface area (Å²) >= 11 is 0. The topological polar surface area (TPSA) is 96.6 Å². The largest absolute Gasteiger partial charge is 0.481 e. The van der Waals surface area contributed by atoms with Crippen LogP contribution in [-0.2, 0) is 9.53 Å². The molecule has 9 nitrogen and oxygen atoms in total. The zero-order valence-electron chi connectivity index (χ0n) is 20.4. The lowest BCUT2D eigenvalue weighted by Gasteiger charge is -2.32. The van der Waals surface area contributed by atoms with Gasteiger partial charge in [0.25, 0.3) is 0 Å². The van der Waals surface area contributed by atoms with Crippen LogP contribution in [-0.4, -0.2) is 80.7 Å². The van der Waals surface area contributed by atoms with Gasteiger partial charge >= 0.3 is 5.97 Å². The zero-order chi connectivity index (χ0) is 24.1. The van der Waals surface area contributed by atoms with Crippen LogP contribution in [0.3, 0.4) is 0 Å². The lowest BCUT2D eigenvalue weighted by Crippen LogP contribution is -2.37. The molecule has 0 amide bonds. The summed E-state index contributed by atoms with van der Waals surface area (Å²) < 4.78 is 7.72. The van der Waals surface area contributed by atoms with Gasteiger partial charge in [0.2, 0.25) is 0 Å². The highest BCUT2D eigenvalue weighted by atomic mass is 16.5. The number of carboxylic acid groups (broad SMARTS) is 1. The first kappa shape index (κ1) is 22.4. The minimum absolute atomic E-state index is 0.209. The van der Waals surface area contributed by atoms with Crippen LogP contribution in [0.2, 0.25) is 0 Å². The van der Waals surface area contributed by atoms with Crippen molar-refractivity contribution in [2.24, 2.45) is 0 Å². The number of nitrogens with zero attached hydrogens (tertiary/aromatic N) is 6. The van der Waals surface area contributed by atoms with Gasteiger partial charge in [-0.05, 0) is 75.4 Å². The van der Waals surface area contributed by atoms with E-state index in [1.54, 1.807) is 0 Å². The number of carbonyl (C=O) groups is 1. The Bertz CT molecular complexity index is 1270. The van der Waals surface area contributed by atoms with Gasteiger partial charge in [0.05, 0.1) is 36.9 Å². The highest BCUT2D eigenvalue weighted by Gasteiger charge is 2.39. The second kappa shape index (κ2) is 8.87. The summed E-state index contributed by atoms with van der Waals surface area (Å²) in [7, 11) is 0. The number of hydrogen-bond donors (Lipinski definition) is 1. The van der Waals surface area contributed by atoms with Crippen molar-refractivity contribution in [2.75, 3.05) is 37.7 Å². The van der Waals surface area contributed by atoms with Crippen molar-refractivity contribution < 1.29 is 14.6 Å². The number of piperidine rings is 1. The van der Waals surface area contributed by atoms with Gasteiger partial charge in [-0.15, -0.1) is 0 Å². The molecular formula is C26H32N6O3. The summed E-state index contributed by atoms with van der Waals surface area (Å²) in [6, 6.07) is 6.97. The maximum Gasteiger partial charge on any atom is 0.304 e. The average molecular weight is 477 g/mol. The van der Waals surface area contributed by atoms with E-state index in [2.05, 4.69) is 34.9 Å². The molecule has 6 rings (SSSR count). The maximum atomic E-state index is 10.9. The third kappa shape index (κ3) is 4.27. The molecule has 2 bridgehead atoms. The highest BCUT2D eigenvalue weighted by molar-refractivity contribution is 5.82. The van der Waals surface area contributed by atoms with Gasteiger partial charge in [-0.25, -0.2) is 14.6 Å². The lowest BCUT2D eigenvalue weighted by molar-refractivity contribution is -0.137. The monoisotopic (exact) mass is 476 g/mol. The minimum atomic E-state index is -0.727. The van der Waals surface area contributed by atoms with E-state index in [9.17, 15) is 4.79 Å². The van der Waals surface area contributed by atoms with Gasteiger partial charge < -0.3 is 19.6 Å². The Morgan fingerprint density at radius 2 is 1.94 bits per heavy atom. The summed E-state index contributed by atoms with van der Waals surface area (Å²) in [5.74, 6) is 2.23. The highest BCUT2D eigenvalue weighted by Crippen LogP contribution is 2.35. The summed E-state index contributed by atoms with van der Waals surface area (Å²) in [6.07, 6.45) is 5.59. The van der Waals surface area contributed by atoms with Crippen molar-refractivity contribution in [3.05, 3.63) is 41.3 Å². The SMILES string of the molecule is Cc1nc(N2C[C@H]3C[C@@H]2CO3)cc(-n2ncc3cc(C)c(C4CCN(CCC(=O)O)CC4)cc32)n1.